The van der Waals surface area contributed by atoms with Gasteiger partial charge in [-0.05, 0) is 6.07 Å². The first-order valence-electron chi connectivity index (χ1n) is 7.21. The number of hydrogen-bond acceptors (Lipinski definition) is 4. The van der Waals surface area contributed by atoms with Crippen molar-refractivity contribution in [3.05, 3.63) is 46.2 Å². The van der Waals surface area contributed by atoms with Gasteiger partial charge in [0, 0.05) is 45.2 Å². The van der Waals surface area contributed by atoms with E-state index < -0.39 is 0 Å². The van der Waals surface area contributed by atoms with Gasteiger partial charge in [0.1, 0.15) is 0 Å². The highest BCUT2D eigenvalue weighted by atomic mass is 35.5. The summed E-state index contributed by atoms with van der Waals surface area (Å²) < 4.78 is 6.46. The van der Waals surface area contributed by atoms with E-state index in [0.29, 0.717) is 25.3 Å². The summed E-state index contributed by atoms with van der Waals surface area (Å²) in [4.78, 5) is 24.3. The molecular formula is C16H22ClN3O3. The van der Waals surface area contributed by atoms with Crippen LogP contribution in [0, 0.1) is 0 Å². The zero-order chi connectivity index (χ0) is 15.9. The topological polar surface area (TPSA) is 72.4 Å². The number of nitrogens with one attached hydrogen (secondary N) is 2. The fourth-order valence-electron chi connectivity index (χ4n) is 2.26. The molecule has 6 nitrogen and oxygen atoms in total. The van der Waals surface area contributed by atoms with Crippen molar-refractivity contribution in [1.82, 2.24) is 15.2 Å². The standard InChI is InChI=1S/C16H21N3O3.ClH/c1-19-14-6-4-3-5-12(14)13(11-15(19)20)16(21)18-8-7-17-9-10-22-2;/h3-6,11,17H,7-10H2,1-2H3,(H,18,21);1H. The Kier molecular flexibility index (Phi) is 7.74. The third kappa shape index (κ3) is 4.79. The van der Waals surface area contributed by atoms with E-state index in [1.807, 2.05) is 24.3 Å². The number of halogens is 1. The molecule has 2 N–H and O–H groups in total. The lowest BCUT2D eigenvalue weighted by atomic mass is 10.1. The van der Waals surface area contributed by atoms with Crippen molar-refractivity contribution in [3.8, 4) is 0 Å². The number of benzene rings is 1. The lowest BCUT2D eigenvalue weighted by Gasteiger charge is -2.11. The molecule has 1 aromatic carbocycles. The number of fused-ring (bicyclic) bond motifs is 1. The highest BCUT2D eigenvalue weighted by molar-refractivity contribution is 6.06. The summed E-state index contributed by atoms with van der Waals surface area (Å²) in [6, 6.07) is 8.77. The Morgan fingerprint density at radius 3 is 2.70 bits per heavy atom. The molecule has 0 aliphatic carbocycles. The van der Waals surface area contributed by atoms with Gasteiger partial charge in [0.25, 0.3) is 11.5 Å². The number of carbonyl (C=O) groups is 1. The number of ether oxygens (including phenoxy) is 1. The first kappa shape index (κ1) is 19.2. The van der Waals surface area contributed by atoms with E-state index in [2.05, 4.69) is 10.6 Å². The molecule has 0 saturated heterocycles. The molecule has 0 unspecified atom stereocenters. The summed E-state index contributed by atoms with van der Waals surface area (Å²) in [5, 5.41) is 6.74. The molecule has 2 aromatic rings. The van der Waals surface area contributed by atoms with Gasteiger partial charge in [-0.3, -0.25) is 9.59 Å². The van der Waals surface area contributed by atoms with Crippen LogP contribution in [0.2, 0.25) is 0 Å². The molecule has 1 amide bonds. The normalized spacial score (nSPS) is 10.3. The Labute approximate surface area is 141 Å². The minimum Gasteiger partial charge on any atom is -0.383 e. The van der Waals surface area contributed by atoms with E-state index in [-0.39, 0.29) is 23.9 Å². The lowest BCUT2D eigenvalue weighted by Crippen LogP contribution is -2.34. The van der Waals surface area contributed by atoms with E-state index in [1.165, 1.54) is 6.07 Å². The number of carbonyl (C=O) groups excluding carboxylic acids is 1. The zero-order valence-electron chi connectivity index (χ0n) is 13.3. The average Bonchev–Trinajstić information content (AvgIpc) is 2.54. The van der Waals surface area contributed by atoms with Crippen molar-refractivity contribution >= 4 is 29.2 Å². The number of hydrogen-bond donors (Lipinski definition) is 2. The number of pyridine rings is 1. The van der Waals surface area contributed by atoms with E-state index in [1.54, 1.807) is 18.7 Å². The summed E-state index contributed by atoms with van der Waals surface area (Å²) in [6.07, 6.45) is 0. The molecule has 2 rings (SSSR count). The second-order valence-electron chi connectivity index (χ2n) is 4.97. The van der Waals surface area contributed by atoms with Crippen LogP contribution in [0.3, 0.4) is 0 Å². The summed E-state index contributed by atoms with van der Waals surface area (Å²) in [7, 11) is 3.34. The summed E-state index contributed by atoms with van der Waals surface area (Å²) in [6.45, 7) is 2.51. The van der Waals surface area contributed by atoms with E-state index in [4.69, 9.17) is 4.74 Å². The third-order valence-electron chi connectivity index (χ3n) is 3.47. The number of rotatable bonds is 7. The molecule has 0 saturated carbocycles. The third-order valence-corrected chi connectivity index (χ3v) is 3.47. The fraction of sp³-hybridized carbons (Fsp3) is 0.375. The second kappa shape index (κ2) is 9.29. The number of para-hydroxylation sites is 1. The van der Waals surface area contributed by atoms with Crippen molar-refractivity contribution in [2.45, 2.75) is 0 Å². The highest BCUT2D eigenvalue weighted by Crippen LogP contribution is 2.15. The Balaban J connectivity index is 0.00000264. The minimum absolute atomic E-state index is 0. The van der Waals surface area contributed by atoms with Crippen molar-refractivity contribution in [3.63, 3.8) is 0 Å². The lowest BCUT2D eigenvalue weighted by molar-refractivity contribution is 0.0955. The highest BCUT2D eigenvalue weighted by Gasteiger charge is 2.12. The first-order valence-corrected chi connectivity index (χ1v) is 7.21. The number of nitrogens with zero attached hydrogens (tertiary/aromatic N) is 1. The number of methoxy groups -OCH3 is 1. The molecule has 0 bridgehead atoms. The summed E-state index contributed by atoms with van der Waals surface area (Å²) in [5.74, 6) is -0.234. The second-order valence-corrected chi connectivity index (χ2v) is 4.97. The molecular weight excluding hydrogens is 318 g/mol. The van der Waals surface area contributed by atoms with Crippen LogP contribution in [-0.4, -0.2) is 43.8 Å². The van der Waals surface area contributed by atoms with Gasteiger partial charge in [0.2, 0.25) is 0 Å². The molecule has 1 aromatic heterocycles. The van der Waals surface area contributed by atoms with Crippen LogP contribution in [0.5, 0.6) is 0 Å². The molecule has 0 aliphatic rings. The van der Waals surface area contributed by atoms with E-state index >= 15 is 0 Å². The SMILES string of the molecule is COCCNCCNC(=O)c1cc(=O)n(C)c2ccccc12.Cl. The maximum atomic E-state index is 12.3. The van der Waals surface area contributed by atoms with Crippen LogP contribution in [0.25, 0.3) is 10.9 Å². The average molecular weight is 340 g/mol. The molecule has 1 heterocycles. The van der Waals surface area contributed by atoms with Crippen LogP contribution in [0.15, 0.2) is 35.1 Å². The smallest absolute Gasteiger partial charge is 0.252 e. The van der Waals surface area contributed by atoms with Gasteiger partial charge in [0.15, 0.2) is 0 Å². The van der Waals surface area contributed by atoms with Crippen molar-refractivity contribution in [2.75, 3.05) is 33.4 Å². The van der Waals surface area contributed by atoms with Gasteiger partial charge in [-0.2, -0.15) is 0 Å². The van der Waals surface area contributed by atoms with Gasteiger partial charge in [-0.25, -0.2) is 0 Å². The van der Waals surface area contributed by atoms with Crippen molar-refractivity contribution < 1.29 is 9.53 Å². The van der Waals surface area contributed by atoms with Gasteiger partial charge >= 0.3 is 0 Å². The largest absolute Gasteiger partial charge is 0.383 e. The zero-order valence-corrected chi connectivity index (χ0v) is 14.1. The molecule has 0 spiro atoms. The molecule has 126 valence electrons. The number of amides is 1. The van der Waals surface area contributed by atoms with E-state index in [9.17, 15) is 9.59 Å². The minimum atomic E-state index is -0.234. The first-order chi connectivity index (χ1) is 10.6. The van der Waals surface area contributed by atoms with Crippen LogP contribution < -0.4 is 16.2 Å². The van der Waals surface area contributed by atoms with Crippen LogP contribution in [0.1, 0.15) is 10.4 Å². The maximum absolute atomic E-state index is 12.3. The molecule has 7 heteroatoms. The Bertz CT molecular complexity index is 715. The summed E-state index contributed by atoms with van der Waals surface area (Å²) >= 11 is 0. The van der Waals surface area contributed by atoms with Crippen LogP contribution in [-0.2, 0) is 11.8 Å². The van der Waals surface area contributed by atoms with Gasteiger partial charge < -0.3 is 19.9 Å². The maximum Gasteiger partial charge on any atom is 0.252 e. The van der Waals surface area contributed by atoms with Crippen LogP contribution >= 0.6 is 12.4 Å². The summed E-state index contributed by atoms with van der Waals surface area (Å²) in [5.41, 5.74) is 0.969. The predicted octanol–water partition coefficient (Wildman–Crippen LogP) is 0.926. The van der Waals surface area contributed by atoms with Crippen molar-refractivity contribution in [1.29, 1.82) is 0 Å². The molecule has 0 radical (unpaired) electrons. The van der Waals surface area contributed by atoms with Gasteiger partial charge in [-0.15, -0.1) is 12.4 Å². The molecule has 0 aliphatic heterocycles. The fourth-order valence-corrected chi connectivity index (χ4v) is 2.26. The Morgan fingerprint density at radius 2 is 1.96 bits per heavy atom. The Hall–Kier alpha value is -1.89. The quantitative estimate of drug-likeness (QED) is 0.736. The van der Waals surface area contributed by atoms with E-state index in [0.717, 1.165) is 17.4 Å². The van der Waals surface area contributed by atoms with Gasteiger partial charge in [-0.1, -0.05) is 18.2 Å². The molecule has 0 atom stereocenters. The van der Waals surface area contributed by atoms with Crippen molar-refractivity contribution in [2.24, 2.45) is 7.05 Å². The van der Waals surface area contributed by atoms with Gasteiger partial charge in [0.05, 0.1) is 17.7 Å². The molecule has 23 heavy (non-hydrogen) atoms. The Morgan fingerprint density at radius 1 is 1.22 bits per heavy atom. The van der Waals surface area contributed by atoms with Crippen LogP contribution in [0.4, 0.5) is 0 Å². The monoisotopic (exact) mass is 339 g/mol. The number of aromatic nitrogens is 1. The predicted molar refractivity (Wildman–Crippen MR) is 93.5 cm³/mol. The number of aryl methyl sites for hydroxylation is 1. The molecule has 0 fully saturated rings.